The van der Waals surface area contributed by atoms with Gasteiger partial charge in [-0.05, 0) is 17.9 Å². The molecule has 0 fully saturated rings. The number of nitrogens with zero attached hydrogens (tertiary/aromatic N) is 3. The minimum Gasteiger partial charge on any atom is -0.354 e. The summed E-state index contributed by atoms with van der Waals surface area (Å²) < 4.78 is 1.15. The molecule has 0 saturated carbocycles. The summed E-state index contributed by atoms with van der Waals surface area (Å²) in [4.78, 5) is 10.9. The SMILES string of the molecule is CCCN(CCCl)c1ncnc2ccsc12. The first kappa shape index (κ1) is 11.6. The van der Waals surface area contributed by atoms with Crippen LogP contribution in [0.5, 0.6) is 0 Å². The summed E-state index contributed by atoms with van der Waals surface area (Å²) in [6, 6.07) is 2.02. The van der Waals surface area contributed by atoms with E-state index in [1.807, 2.05) is 11.4 Å². The smallest absolute Gasteiger partial charge is 0.150 e. The van der Waals surface area contributed by atoms with Gasteiger partial charge in [-0.3, -0.25) is 0 Å². The molecular formula is C11H14ClN3S. The van der Waals surface area contributed by atoms with Crippen molar-refractivity contribution in [1.82, 2.24) is 9.97 Å². The average molecular weight is 256 g/mol. The third-order valence-corrected chi connectivity index (χ3v) is 3.44. The van der Waals surface area contributed by atoms with Crippen LogP contribution in [0.15, 0.2) is 17.8 Å². The topological polar surface area (TPSA) is 29.0 Å². The maximum Gasteiger partial charge on any atom is 0.150 e. The Bertz CT molecular complexity index is 451. The summed E-state index contributed by atoms with van der Waals surface area (Å²) in [7, 11) is 0. The predicted octanol–water partition coefficient (Wildman–Crippen LogP) is 3.15. The Morgan fingerprint density at radius 3 is 3.00 bits per heavy atom. The molecule has 0 amide bonds. The van der Waals surface area contributed by atoms with E-state index in [4.69, 9.17) is 11.6 Å². The molecule has 0 aliphatic heterocycles. The Hall–Kier alpha value is -0.870. The summed E-state index contributed by atoms with van der Waals surface area (Å²) in [6.45, 7) is 3.98. The first-order valence-electron chi connectivity index (χ1n) is 5.36. The van der Waals surface area contributed by atoms with Crippen molar-refractivity contribution in [2.75, 3.05) is 23.9 Å². The molecule has 0 radical (unpaired) electrons. The van der Waals surface area contributed by atoms with E-state index in [-0.39, 0.29) is 0 Å². The number of aromatic nitrogens is 2. The van der Waals surface area contributed by atoms with Crippen molar-refractivity contribution in [3.63, 3.8) is 0 Å². The lowest BCUT2D eigenvalue weighted by Gasteiger charge is -2.22. The van der Waals surface area contributed by atoms with Crippen LogP contribution in [0.1, 0.15) is 13.3 Å². The Labute approximate surface area is 104 Å². The van der Waals surface area contributed by atoms with Crippen molar-refractivity contribution in [3.8, 4) is 0 Å². The van der Waals surface area contributed by atoms with E-state index in [1.165, 1.54) is 0 Å². The maximum atomic E-state index is 5.83. The molecule has 0 saturated heterocycles. The summed E-state index contributed by atoms with van der Waals surface area (Å²) in [5, 5.41) is 2.05. The minimum absolute atomic E-state index is 0.622. The summed E-state index contributed by atoms with van der Waals surface area (Å²) in [6.07, 6.45) is 2.72. The Morgan fingerprint density at radius 1 is 1.38 bits per heavy atom. The number of hydrogen-bond acceptors (Lipinski definition) is 4. The van der Waals surface area contributed by atoms with Gasteiger partial charge in [-0.1, -0.05) is 6.92 Å². The van der Waals surface area contributed by atoms with Crippen LogP contribution in [-0.2, 0) is 0 Å². The molecule has 0 unspecified atom stereocenters. The van der Waals surface area contributed by atoms with Gasteiger partial charge in [-0.25, -0.2) is 9.97 Å². The van der Waals surface area contributed by atoms with Crippen LogP contribution >= 0.6 is 22.9 Å². The number of fused-ring (bicyclic) bond motifs is 1. The quantitative estimate of drug-likeness (QED) is 0.769. The Morgan fingerprint density at radius 2 is 2.25 bits per heavy atom. The number of hydrogen-bond donors (Lipinski definition) is 0. The van der Waals surface area contributed by atoms with Crippen LogP contribution in [0.3, 0.4) is 0 Å². The van der Waals surface area contributed by atoms with Gasteiger partial charge in [0.2, 0.25) is 0 Å². The molecule has 2 aromatic rings. The minimum atomic E-state index is 0.622. The largest absolute Gasteiger partial charge is 0.354 e. The van der Waals surface area contributed by atoms with Gasteiger partial charge in [0.25, 0.3) is 0 Å². The Kier molecular flexibility index (Phi) is 3.96. The van der Waals surface area contributed by atoms with E-state index in [0.717, 1.165) is 35.5 Å². The lowest BCUT2D eigenvalue weighted by Crippen LogP contribution is -2.27. The highest BCUT2D eigenvalue weighted by atomic mass is 35.5. The highest BCUT2D eigenvalue weighted by Crippen LogP contribution is 2.27. The molecule has 2 aromatic heterocycles. The van der Waals surface area contributed by atoms with Crippen molar-refractivity contribution in [2.24, 2.45) is 0 Å². The van der Waals surface area contributed by atoms with Crippen LogP contribution in [0.4, 0.5) is 5.82 Å². The number of anilines is 1. The average Bonchev–Trinajstić information content (AvgIpc) is 2.76. The molecule has 0 spiro atoms. The molecule has 0 bridgehead atoms. The summed E-state index contributed by atoms with van der Waals surface area (Å²) >= 11 is 7.51. The molecule has 3 nitrogen and oxygen atoms in total. The van der Waals surface area contributed by atoms with Crippen LogP contribution in [0.25, 0.3) is 10.2 Å². The number of rotatable bonds is 5. The van der Waals surface area contributed by atoms with Gasteiger partial charge in [0.1, 0.15) is 12.1 Å². The number of alkyl halides is 1. The fraction of sp³-hybridized carbons (Fsp3) is 0.455. The molecular weight excluding hydrogens is 242 g/mol. The van der Waals surface area contributed by atoms with Crippen molar-refractivity contribution in [2.45, 2.75) is 13.3 Å². The van der Waals surface area contributed by atoms with Gasteiger partial charge >= 0.3 is 0 Å². The van der Waals surface area contributed by atoms with Crippen molar-refractivity contribution in [1.29, 1.82) is 0 Å². The number of halogens is 1. The zero-order chi connectivity index (χ0) is 11.4. The van der Waals surface area contributed by atoms with Gasteiger partial charge in [-0.15, -0.1) is 22.9 Å². The molecule has 0 N–H and O–H groups in total. The summed E-state index contributed by atoms with van der Waals surface area (Å²) in [5.74, 6) is 1.64. The summed E-state index contributed by atoms with van der Waals surface area (Å²) in [5.41, 5.74) is 1.02. The second-order valence-corrected chi connectivity index (χ2v) is 4.80. The lowest BCUT2D eigenvalue weighted by atomic mass is 10.3. The van der Waals surface area contributed by atoms with E-state index in [9.17, 15) is 0 Å². The standard InChI is InChI=1S/C11H14ClN3S/c1-2-5-15(6-4-12)11-10-9(3-7-16-10)13-8-14-11/h3,7-8H,2,4-6H2,1H3. The third-order valence-electron chi connectivity index (χ3n) is 2.37. The normalized spacial score (nSPS) is 10.9. The molecule has 0 aliphatic carbocycles. The lowest BCUT2D eigenvalue weighted by molar-refractivity contribution is 0.784. The zero-order valence-corrected chi connectivity index (χ0v) is 10.8. The van der Waals surface area contributed by atoms with Gasteiger partial charge in [0.05, 0.1) is 10.2 Å². The molecule has 2 rings (SSSR count). The monoisotopic (exact) mass is 255 g/mol. The van der Waals surface area contributed by atoms with E-state index in [2.05, 4.69) is 21.8 Å². The second kappa shape index (κ2) is 5.46. The second-order valence-electron chi connectivity index (χ2n) is 3.51. The first-order chi connectivity index (χ1) is 7.86. The van der Waals surface area contributed by atoms with Gasteiger partial charge < -0.3 is 4.90 Å². The van der Waals surface area contributed by atoms with E-state index >= 15 is 0 Å². The zero-order valence-electron chi connectivity index (χ0n) is 9.19. The van der Waals surface area contributed by atoms with Crippen molar-refractivity contribution >= 4 is 39.0 Å². The number of thiophene rings is 1. The van der Waals surface area contributed by atoms with Crippen LogP contribution in [0.2, 0.25) is 0 Å². The van der Waals surface area contributed by atoms with E-state index in [0.29, 0.717) is 5.88 Å². The molecule has 86 valence electrons. The van der Waals surface area contributed by atoms with Crippen LogP contribution in [0, 0.1) is 0 Å². The van der Waals surface area contributed by atoms with E-state index < -0.39 is 0 Å². The molecule has 5 heteroatoms. The van der Waals surface area contributed by atoms with Crippen LogP contribution < -0.4 is 4.90 Å². The molecule has 0 aromatic carbocycles. The molecule has 16 heavy (non-hydrogen) atoms. The fourth-order valence-corrected chi connectivity index (χ4v) is 2.76. The van der Waals surface area contributed by atoms with E-state index in [1.54, 1.807) is 17.7 Å². The van der Waals surface area contributed by atoms with Crippen LogP contribution in [-0.4, -0.2) is 28.9 Å². The van der Waals surface area contributed by atoms with Gasteiger partial charge in [0.15, 0.2) is 0 Å². The highest BCUT2D eigenvalue weighted by Gasteiger charge is 2.11. The van der Waals surface area contributed by atoms with Gasteiger partial charge in [-0.2, -0.15) is 0 Å². The maximum absolute atomic E-state index is 5.83. The Balaban J connectivity index is 2.38. The molecule has 0 atom stereocenters. The van der Waals surface area contributed by atoms with Gasteiger partial charge in [0, 0.05) is 19.0 Å². The first-order valence-corrected chi connectivity index (χ1v) is 6.77. The van der Waals surface area contributed by atoms with Crippen molar-refractivity contribution in [3.05, 3.63) is 17.8 Å². The molecule has 2 heterocycles. The fourth-order valence-electron chi connectivity index (χ4n) is 1.70. The third kappa shape index (κ3) is 2.28. The molecule has 0 aliphatic rings. The van der Waals surface area contributed by atoms with Crippen molar-refractivity contribution < 1.29 is 0 Å². The highest BCUT2D eigenvalue weighted by molar-refractivity contribution is 7.17. The predicted molar refractivity (Wildman–Crippen MR) is 70.6 cm³/mol.